The van der Waals surface area contributed by atoms with Gasteiger partial charge in [0, 0.05) is 29.8 Å². The molecule has 0 radical (unpaired) electrons. The molecule has 3 amide bonds. The van der Waals surface area contributed by atoms with Crippen molar-refractivity contribution in [2.45, 2.75) is 37.8 Å². The van der Waals surface area contributed by atoms with Crippen LogP contribution in [0, 0.1) is 0 Å². The Morgan fingerprint density at radius 2 is 1.96 bits per heavy atom. The predicted molar refractivity (Wildman–Crippen MR) is 165 cm³/mol. The number of aromatic hydroxyl groups is 2. The highest BCUT2D eigenvalue weighted by molar-refractivity contribution is 9.10. The number of benzene rings is 1. The van der Waals surface area contributed by atoms with E-state index in [0.29, 0.717) is 0 Å². The number of thiazole rings is 1. The Hall–Kier alpha value is -4.36. The van der Waals surface area contributed by atoms with Crippen molar-refractivity contribution in [3.05, 3.63) is 44.5 Å². The van der Waals surface area contributed by atoms with Crippen molar-refractivity contribution in [1.29, 1.82) is 0 Å². The standard InChI is InChI=1S/C26H27BrN6O10S2/c1-4-32(20(37)10-5-12(27)18(35)14(34)6-10)7-11-8-44-22-16(21(38)33(22)17(11)23(39)40)30-19(36)15(13-9-45-25(28)29-13)31-43-26(2,3)24(41)42/h5-6,9,16,22,34-35H,4,7-8H2,1-3H3,(H2,28,29)(H,30,36)(H,39,40)(H,41,42)/b31-15-/t16-,22-/m1/s1. The van der Waals surface area contributed by atoms with Gasteiger partial charge in [0.25, 0.3) is 17.7 Å². The SMILES string of the molecule is CCN(CC1=C(C(=O)O)N2C(=O)[C@@H](NC(=O)/C(=N\OC(C)(C)C(=O)O)c3csc(N)n3)[C@H]2SC1)C(=O)c1cc(O)c(O)c(Br)c1. The first-order valence-corrected chi connectivity index (χ1v) is 15.7. The smallest absolute Gasteiger partial charge is 0.352 e. The van der Waals surface area contributed by atoms with E-state index in [4.69, 9.17) is 10.6 Å². The highest BCUT2D eigenvalue weighted by Gasteiger charge is 2.54. The van der Waals surface area contributed by atoms with Crippen LogP contribution in [-0.2, 0) is 24.0 Å². The van der Waals surface area contributed by atoms with Crippen molar-refractivity contribution >= 4 is 79.5 Å². The van der Waals surface area contributed by atoms with Crippen LogP contribution in [0.25, 0.3) is 0 Å². The van der Waals surface area contributed by atoms with Crippen LogP contribution in [0.15, 0.2) is 38.4 Å². The second kappa shape index (κ2) is 12.9. The molecule has 1 aromatic heterocycles. The number of carboxylic acid groups (broad SMARTS) is 2. The summed E-state index contributed by atoms with van der Waals surface area (Å²) in [6.45, 7) is 4.10. The number of β-lactam (4-membered cyclic amide) rings is 1. The zero-order valence-corrected chi connectivity index (χ0v) is 27.0. The quantitative estimate of drug-likeness (QED) is 0.0830. The summed E-state index contributed by atoms with van der Waals surface area (Å²) in [6, 6.07) is 1.23. The Balaban J connectivity index is 1.56. The van der Waals surface area contributed by atoms with Crippen LogP contribution in [0.2, 0.25) is 0 Å². The molecule has 0 bridgehead atoms. The van der Waals surface area contributed by atoms with Crippen LogP contribution < -0.4 is 11.1 Å². The van der Waals surface area contributed by atoms with Gasteiger partial charge in [0.05, 0.1) is 4.47 Å². The Kier molecular flexibility index (Phi) is 9.64. The number of nitrogens with zero attached hydrogens (tertiary/aromatic N) is 4. The Morgan fingerprint density at radius 3 is 2.51 bits per heavy atom. The number of anilines is 1. The molecule has 0 aliphatic carbocycles. The molecule has 1 aromatic carbocycles. The summed E-state index contributed by atoms with van der Waals surface area (Å²) in [5.74, 6) is -5.85. The zero-order chi connectivity index (χ0) is 33.4. The van der Waals surface area contributed by atoms with Crippen LogP contribution in [0.4, 0.5) is 5.13 Å². The average Bonchev–Trinajstić information content (AvgIpc) is 3.41. The summed E-state index contributed by atoms with van der Waals surface area (Å²) >= 11 is 5.22. The number of nitrogens with two attached hydrogens (primary N) is 1. The molecular weight excluding hydrogens is 700 g/mol. The third-order valence-electron chi connectivity index (χ3n) is 6.74. The molecule has 2 aliphatic heterocycles. The molecule has 0 saturated carbocycles. The fraction of sp³-hybridized carbons (Fsp3) is 0.346. The number of fused-ring (bicyclic) bond motifs is 1. The van der Waals surface area contributed by atoms with Crippen LogP contribution in [-0.4, -0.2) is 106 Å². The third kappa shape index (κ3) is 6.69. The van der Waals surface area contributed by atoms with E-state index in [-0.39, 0.29) is 51.0 Å². The monoisotopic (exact) mass is 726 g/mol. The number of thioether (sulfide) groups is 1. The first-order valence-electron chi connectivity index (χ1n) is 13.0. The third-order valence-corrected chi connectivity index (χ3v) is 9.36. The number of carbonyl (C=O) groups excluding carboxylic acids is 3. The first kappa shape index (κ1) is 33.5. The Morgan fingerprint density at radius 1 is 1.27 bits per heavy atom. The van der Waals surface area contributed by atoms with Gasteiger partial charge < -0.3 is 41.2 Å². The largest absolute Gasteiger partial charge is 0.504 e. The number of carbonyl (C=O) groups is 5. The second-order valence-electron chi connectivity index (χ2n) is 10.2. The first-order chi connectivity index (χ1) is 21.1. The zero-order valence-electron chi connectivity index (χ0n) is 23.8. The van der Waals surface area contributed by atoms with Crippen LogP contribution in [0.3, 0.4) is 0 Å². The highest BCUT2D eigenvalue weighted by Crippen LogP contribution is 2.41. The molecule has 240 valence electrons. The number of amides is 3. The minimum Gasteiger partial charge on any atom is -0.504 e. The summed E-state index contributed by atoms with van der Waals surface area (Å²) in [4.78, 5) is 75.0. The van der Waals surface area contributed by atoms with Gasteiger partial charge in [-0.2, -0.15) is 0 Å². The van der Waals surface area contributed by atoms with E-state index >= 15 is 0 Å². The molecule has 1 fully saturated rings. The van der Waals surface area contributed by atoms with E-state index in [1.54, 1.807) is 6.92 Å². The predicted octanol–water partition coefficient (Wildman–Crippen LogP) is 1.38. The fourth-order valence-electron chi connectivity index (χ4n) is 4.26. The van der Waals surface area contributed by atoms with Gasteiger partial charge in [-0.3, -0.25) is 19.3 Å². The molecule has 4 rings (SSSR count). The van der Waals surface area contributed by atoms with E-state index in [1.807, 2.05) is 0 Å². The summed E-state index contributed by atoms with van der Waals surface area (Å²) in [5.41, 5.74) is 3.38. The summed E-state index contributed by atoms with van der Waals surface area (Å²) < 4.78 is 0.0892. The summed E-state index contributed by atoms with van der Waals surface area (Å²) in [6.07, 6.45) is 0. The molecule has 3 heterocycles. The van der Waals surface area contributed by atoms with E-state index in [0.717, 1.165) is 34.1 Å². The summed E-state index contributed by atoms with van der Waals surface area (Å²) in [5, 5.41) is 46.0. The number of rotatable bonds is 11. The maximum absolute atomic E-state index is 13.3. The second-order valence-corrected chi connectivity index (χ2v) is 13.0. The number of nitrogens with one attached hydrogen (secondary N) is 1. The van der Waals surface area contributed by atoms with Crippen molar-refractivity contribution in [2.24, 2.45) is 5.16 Å². The lowest BCUT2D eigenvalue weighted by Crippen LogP contribution is -2.71. The lowest BCUT2D eigenvalue weighted by molar-refractivity contribution is -0.161. The van der Waals surface area contributed by atoms with Gasteiger partial charge in [0.2, 0.25) is 5.60 Å². The lowest BCUT2D eigenvalue weighted by atomic mass is 10.0. The molecule has 7 N–H and O–H groups in total. The number of aliphatic carboxylic acids is 2. The Bertz CT molecular complexity index is 1630. The van der Waals surface area contributed by atoms with Gasteiger partial charge in [-0.25, -0.2) is 14.6 Å². The molecule has 0 spiro atoms. The molecule has 0 unspecified atom stereocenters. The minimum atomic E-state index is -1.81. The number of nitrogen functional groups attached to an aromatic ring is 1. The average molecular weight is 728 g/mol. The minimum absolute atomic E-state index is 0.0252. The van der Waals surface area contributed by atoms with Gasteiger partial charge in [0.15, 0.2) is 22.3 Å². The molecule has 16 nitrogen and oxygen atoms in total. The van der Waals surface area contributed by atoms with Crippen LogP contribution >= 0.6 is 39.0 Å². The molecule has 19 heteroatoms. The number of phenols is 2. The van der Waals surface area contributed by atoms with E-state index in [1.165, 1.54) is 30.2 Å². The van der Waals surface area contributed by atoms with Crippen LogP contribution in [0.1, 0.15) is 36.8 Å². The topological polar surface area (TPSA) is 245 Å². The molecule has 2 aliphatic rings. The van der Waals surface area contributed by atoms with Crippen molar-refractivity contribution in [3.8, 4) is 11.5 Å². The number of hydrogen-bond donors (Lipinski definition) is 6. The number of phenolic OH excluding ortho intramolecular Hbond substituents is 2. The molecule has 45 heavy (non-hydrogen) atoms. The number of carboxylic acids is 2. The number of oxime groups is 1. The number of likely N-dealkylation sites (N-methyl/N-ethyl adjacent to an activating group) is 1. The molecule has 2 aromatic rings. The van der Waals surface area contributed by atoms with Gasteiger partial charge in [-0.15, -0.1) is 23.1 Å². The highest BCUT2D eigenvalue weighted by atomic mass is 79.9. The number of hydrogen-bond acceptors (Lipinski definition) is 13. The van der Waals surface area contributed by atoms with Crippen LogP contribution in [0.5, 0.6) is 11.5 Å². The molecular formula is C26H27BrN6O10S2. The molecule has 1 saturated heterocycles. The Labute approximate surface area is 271 Å². The maximum Gasteiger partial charge on any atom is 0.352 e. The van der Waals surface area contributed by atoms with Gasteiger partial charge in [-0.1, -0.05) is 5.16 Å². The van der Waals surface area contributed by atoms with Gasteiger partial charge in [-0.05, 0) is 54.4 Å². The molecule has 2 atom stereocenters. The fourth-order valence-corrected chi connectivity index (χ4v) is 6.60. The van der Waals surface area contributed by atoms with Crippen molar-refractivity contribution in [1.82, 2.24) is 20.1 Å². The maximum atomic E-state index is 13.3. The van der Waals surface area contributed by atoms with E-state index in [2.05, 4.69) is 31.4 Å². The van der Waals surface area contributed by atoms with E-state index in [9.17, 15) is 44.4 Å². The van der Waals surface area contributed by atoms with Crippen molar-refractivity contribution < 1.29 is 49.2 Å². The van der Waals surface area contributed by atoms with Crippen molar-refractivity contribution in [2.75, 3.05) is 24.6 Å². The van der Waals surface area contributed by atoms with Crippen molar-refractivity contribution in [3.63, 3.8) is 0 Å². The normalized spacial score (nSPS) is 18.2. The lowest BCUT2D eigenvalue weighted by Gasteiger charge is -2.49. The van der Waals surface area contributed by atoms with E-state index < -0.39 is 63.9 Å². The van der Waals surface area contributed by atoms with Gasteiger partial charge in [0.1, 0.15) is 22.8 Å². The number of halogens is 1. The van der Waals surface area contributed by atoms with Gasteiger partial charge >= 0.3 is 11.9 Å². The number of aromatic nitrogens is 1. The summed E-state index contributed by atoms with van der Waals surface area (Å²) in [7, 11) is 0.